The molecule has 3 aromatic rings. The summed E-state index contributed by atoms with van der Waals surface area (Å²) in [7, 11) is 0. The fourth-order valence-electron chi connectivity index (χ4n) is 3.90. The number of amides is 1. The highest BCUT2D eigenvalue weighted by Crippen LogP contribution is 2.20. The Bertz CT molecular complexity index is 948. The van der Waals surface area contributed by atoms with Crippen LogP contribution in [-0.4, -0.2) is 50.8 Å². The van der Waals surface area contributed by atoms with Crippen LogP contribution in [0.4, 0.5) is 4.39 Å². The summed E-state index contributed by atoms with van der Waals surface area (Å²) >= 11 is 0. The van der Waals surface area contributed by atoms with Crippen molar-refractivity contribution in [1.82, 2.24) is 24.6 Å². The maximum absolute atomic E-state index is 13.3. The Morgan fingerprint density at radius 2 is 1.97 bits per heavy atom. The van der Waals surface area contributed by atoms with Crippen LogP contribution in [0.3, 0.4) is 0 Å². The predicted molar refractivity (Wildman–Crippen MR) is 110 cm³/mol. The van der Waals surface area contributed by atoms with Gasteiger partial charge in [-0.25, -0.2) is 9.07 Å². The van der Waals surface area contributed by atoms with Crippen molar-refractivity contribution < 1.29 is 9.18 Å². The molecular formula is C22H26FN5O. The number of likely N-dealkylation sites (tertiary alicyclic amines) is 1. The van der Waals surface area contributed by atoms with E-state index in [9.17, 15) is 9.18 Å². The molecule has 0 aliphatic carbocycles. The van der Waals surface area contributed by atoms with Gasteiger partial charge in [-0.05, 0) is 62.7 Å². The van der Waals surface area contributed by atoms with Crippen molar-refractivity contribution in [3.05, 3.63) is 66.4 Å². The smallest absolute Gasteiger partial charge is 0.256 e. The third kappa shape index (κ3) is 4.24. The molecule has 1 aliphatic heterocycles. The molecule has 29 heavy (non-hydrogen) atoms. The number of hydrogen-bond acceptors (Lipinski definition) is 3. The molecule has 1 N–H and O–H groups in total. The van der Waals surface area contributed by atoms with E-state index in [1.165, 1.54) is 31.4 Å². The van der Waals surface area contributed by atoms with Crippen LogP contribution < -0.4 is 5.32 Å². The molecule has 2 aromatic heterocycles. The number of benzene rings is 1. The van der Waals surface area contributed by atoms with Crippen molar-refractivity contribution in [2.75, 3.05) is 19.6 Å². The second kappa shape index (κ2) is 8.61. The van der Waals surface area contributed by atoms with E-state index in [0.29, 0.717) is 29.7 Å². The molecule has 1 atom stereocenters. The van der Waals surface area contributed by atoms with E-state index >= 15 is 0 Å². The highest BCUT2D eigenvalue weighted by molar-refractivity contribution is 5.97. The second-order valence-electron chi connectivity index (χ2n) is 7.50. The van der Waals surface area contributed by atoms with Gasteiger partial charge in [0.05, 0.1) is 11.9 Å². The lowest BCUT2D eigenvalue weighted by Crippen LogP contribution is -2.42. The van der Waals surface area contributed by atoms with Gasteiger partial charge >= 0.3 is 0 Å². The first-order chi connectivity index (χ1) is 14.1. The summed E-state index contributed by atoms with van der Waals surface area (Å²) in [6.07, 6.45) is 9.02. The van der Waals surface area contributed by atoms with E-state index < -0.39 is 0 Å². The van der Waals surface area contributed by atoms with Crippen LogP contribution >= 0.6 is 0 Å². The van der Waals surface area contributed by atoms with Gasteiger partial charge in [0.2, 0.25) is 0 Å². The van der Waals surface area contributed by atoms with E-state index in [4.69, 9.17) is 0 Å². The first-order valence-corrected chi connectivity index (χ1v) is 10.1. The Balaban J connectivity index is 1.53. The molecule has 0 saturated carbocycles. The summed E-state index contributed by atoms with van der Waals surface area (Å²) in [5.74, 6) is 0.158. The van der Waals surface area contributed by atoms with Crippen molar-refractivity contribution in [2.24, 2.45) is 0 Å². The van der Waals surface area contributed by atoms with Crippen LogP contribution in [0.5, 0.6) is 0 Å². The van der Waals surface area contributed by atoms with Gasteiger partial charge in [0.25, 0.3) is 5.91 Å². The van der Waals surface area contributed by atoms with Crippen LogP contribution in [0, 0.1) is 5.82 Å². The van der Waals surface area contributed by atoms with Gasteiger partial charge in [-0.15, -0.1) is 0 Å². The van der Waals surface area contributed by atoms with Gasteiger partial charge in [-0.3, -0.25) is 9.69 Å². The summed E-state index contributed by atoms with van der Waals surface area (Å²) in [5, 5.41) is 7.44. The monoisotopic (exact) mass is 395 g/mol. The van der Waals surface area contributed by atoms with Crippen LogP contribution in [0.2, 0.25) is 0 Å². The van der Waals surface area contributed by atoms with Crippen molar-refractivity contribution in [3.63, 3.8) is 0 Å². The van der Waals surface area contributed by atoms with Crippen LogP contribution in [0.25, 0.3) is 11.5 Å². The van der Waals surface area contributed by atoms with E-state index in [-0.39, 0.29) is 11.7 Å². The van der Waals surface area contributed by atoms with Crippen molar-refractivity contribution in [3.8, 4) is 11.5 Å². The summed E-state index contributed by atoms with van der Waals surface area (Å²) in [6.45, 7) is 4.78. The second-order valence-corrected chi connectivity index (χ2v) is 7.50. The molecule has 1 aromatic carbocycles. The van der Waals surface area contributed by atoms with E-state index in [0.717, 1.165) is 13.1 Å². The summed E-state index contributed by atoms with van der Waals surface area (Å²) in [5.41, 5.74) is 1.17. The number of carbonyl (C=O) groups excluding carboxylic acids is 1. The van der Waals surface area contributed by atoms with Gasteiger partial charge in [-0.1, -0.05) is 6.42 Å². The topological polar surface area (TPSA) is 55.1 Å². The lowest BCUT2D eigenvalue weighted by molar-refractivity contribution is 0.0938. The summed E-state index contributed by atoms with van der Waals surface area (Å²) in [4.78, 5) is 15.4. The average Bonchev–Trinajstić information content (AvgIpc) is 3.39. The summed E-state index contributed by atoms with van der Waals surface area (Å²) < 4.78 is 16.8. The molecule has 4 rings (SSSR count). The molecule has 0 spiro atoms. The third-order valence-corrected chi connectivity index (χ3v) is 5.53. The number of halogens is 1. The van der Waals surface area contributed by atoms with Gasteiger partial charge in [0, 0.05) is 31.5 Å². The third-order valence-electron chi connectivity index (χ3n) is 5.53. The Morgan fingerprint density at radius 1 is 1.21 bits per heavy atom. The van der Waals surface area contributed by atoms with Crippen LogP contribution in [0.1, 0.15) is 36.5 Å². The van der Waals surface area contributed by atoms with Gasteiger partial charge < -0.3 is 9.88 Å². The zero-order chi connectivity index (χ0) is 20.2. The molecule has 1 aliphatic rings. The zero-order valence-corrected chi connectivity index (χ0v) is 16.6. The maximum Gasteiger partial charge on any atom is 0.256 e. The molecule has 0 bridgehead atoms. The number of rotatable bonds is 6. The minimum atomic E-state index is -0.312. The first-order valence-electron chi connectivity index (χ1n) is 10.1. The van der Waals surface area contributed by atoms with Gasteiger partial charge in [0.15, 0.2) is 5.82 Å². The zero-order valence-electron chi connectivity index (χ0n) is 16.6. The SMILES string of the molecule is C[C@@H]1CCCCN1CCNC(=O)c1cnn(-c2ccc(F)cc2)c1-n1cccc1. The molecule has 1 saturated heterocycles. The molecule has 1 fully saturated rings. The van der Waals surface area contributed by atoms with Gasteiger partial charge in [0.1, 0.15) is 11.4 Å². The minimum absolute atomic E-state index is 0.160. The Hall–Kier alpha value is -2.93. The van der Waals surface area contributed by atoms with E-state index in [2.05, 4.69) is 22.2 Å². The minimum Gasteiger partial charge on any atom is -0.351 e. The maximum atomic E-state index is 13.3. The number of nitrogens with zero attached hydrogens (tertiary/aromatic N) is 4. The molecule has 6 nitrogen and oxygen atoms in total. The Kier molecular flexibility index (Phi) is 5.76. The van der Waals surface area contributed by atoms with Crippen molar-refractivity contribution in [1.29, 1.82) is 0 Å². The van der Waals surface area contributed by atoms with Crippen LogP contribution in [-0.2, 0) is 0 Å². The highest BCUT2D eigenvalue weighted by atomic mass is 19.1. The van der Waals surface area contributed by atoms with Gasteiger partial charge in [-0.2, -0.15) is 5.10 Å². The summed E-state index contributed by atoms with van der Waals surface area (Å²) in [6, 6.07) is 10.4. The predicted octanol–water partition coefficient (Wildman–Crippen LogP) is 3.41. The average molecular weight is 395 g/mol. The van der Waals surface area contributed by atoms with E-state index in [1.807, 2.05) is 29.1 Å². The number of nitrogens with one attached hydrogen (secondary N) is 1. The first kappa shape index (κ1) is 19.4. The molecule has 1 amide bonds. The molecule has 7 heteroatoms. The molecule has 152 valence electrons. The Labute approximate surface area is 169 Å². The number of hydrogen-bond donors (Lipinski definition) is 1. The fourth-order valence-corrected chi connectivity index (χ4v) is 3.90. The number of aromatic nitrogens is 3. The Morgan fingerprint density at radius 3 is 2.69 bits per heavy atom. The van der Waals surface area contributed by atoms with Crippen molar-refractivity contribution in [2.45, 2.75) is 32.2 Å². The lowest BCUT2D eigenvalue weighted by atomic mass is 10.0. The number of carbonyl (C=O) groups is 1. The standard InChI is InChI=1S/C22H26FN5O/c1-17-6-2-3-12-26(17)15-11-24-21(29)20-16-25-28(19-9-7-18(23)8-10-19)22(20)27-13-4-5-14-27/h4-5,7-10,13-14,16-17H,2-3,6,11-12,15H2,1H3,(H,24,29)/t17-/m1/s1. The lowest BCUT2D eigenvalue weighted by Gasteiger charge is -2.33. The molecule has 3 heterocycles. The fraction of sp³-hybridized carbons (Fsp3) is 0.364. The van der Waals surface area contributed by atoms with E-state index in [1.54, 1.807) is 23.0 Å². The largest absolute Gasteiger partial charge is 0.351 e. The van der Waals surface area contributed by atoms with Crippen LogP contribution in [0.15, 0.2) is 55.0 Å². The normalized spacial score (nSPS) is 17.4. The molecular weight excluding hydrogens is 369 g/mol. The molecule has 0 unspecified atom stereocenters. The molecule has 0 radical (unpaired) electrons. The quantitative estimate of drug-likeness (QED) is 0.696. The van der Waals surface area contributed by atoms with Crippen molar-refractivity contribution >= 4 is 5.91 Å². The highest BCUT2D eigenvalue weighted by Gasteiger charge is 2.21. The number of piperidine rings is 1.